The van der Waals surface area contributed by atoms with Gasteiger partial charge in [0.2, 0.25) is 5.91 Å². The lowest BCUT2D eigenvalue weighted by Crippen LogP contribution is -2.47. The first kappa shape index (κ1) is 18.8. The van der Waals surface area contributed by atoms with Crippen LogP contribution in [0.15, 0.2) is 42.5 Å². The minimum Gasteiger partial charge on any atom is -0.507 e. The van der Waals surface area contributed by atoms with Crippen molar-refractivity contribution in [3.05, 3.63) is 59.2 Å². The van der Waals surface area contributed by atoms with E-state index in [1.54, 1.807) is 12.1 Å². The number of phenols is 1. The third kappa shape index (κ3) is 4.58. The molecule has 2 amide bonds. The Labute approximate surface area is 159 Å². The maximum atomic E-state index is 12.3. The van der Waals surface area contributed by atoms with E-state index in [-0.39, 0.29) is 29.0 Å². The number of hydrogen-bond acceptors (Lipinski definition) is 4. The molecule has 1 aliphatic rings. The van der Waals surface area contributed by atoms with Gasteiger partial charge in [0.15, 0.2) is 0 Å². The fourth-order valence-electron chi connectivity index (χ4n) is 3.06. The topological polar surface area (TPSA) is 81.7 Å². The second-order valence-corrected chi connectivity index (χ2v) is 7.05. The van der Waals surface area contributed by atoms with Crippen LogP contribution >= 0.6 is 0 Å². The van der Waals surface area contributed by atoms with Crippen molar-refractivity contribution in [2.24, 2.45) is 0 Å². The van der Waals surface area contributed by atoms with Crippen LogP contribution < -0.4 is 15.5 Å². The second kappa shape index (κ2) is 8.12. The van der Waals surface area contributed by atoms with Gasteiger partial charge in [-0.3, -0.25) is 9.59 Å². The van der Waals surface area contributed by atoms with E-state index < -0.39 is 0 Å². The molecule has 6 heteroatoms. The highest BCUT2D eigenvalue weighted by Crippen LogP contribution is 2.24. The molecule has 1 heterocycles. The average Bonchev–Trinajstić information content (AvgIpc) is 2.66. The van der Waals surface area contributed by atoms with Gasteiger partial charge < -0.3 is 20.6 Å². The number of rotatable bonds is 5. The molecule has 0 spiro atoms. The van der Waals surface area contributed by atoms with Crippen LogP contribution in [0.1, 0.15) is 41.3 Å². The molecule has 3 rings (SSSR count). The minimum atomic E-state index is -0.306. The summed E-state index contributed by atoms with van der Waals surface area (Å²) in [6.07, 6.45) is 0. The first-order valence-corrected chi connectivity index (χ1v) is 9.15. The summed E-state index contributed by atoms with van der Waals surface area (Å²) in [5.74, 6) is 0.00962. The fraction of sp³-hybridized carbons (Fsp3) is 0.333. The SMILES string of the molecule is CC(C)c1ccc(C(=O)NCc2ccc(N3CCNC(=O)C3)cc2)c(O)c1. The summed E-state index contributed by atoms with van der Waals surface area (Å²) in [4.78, 5) is 25.9. The van der Waals surface area contributed by atoms with Gasteiger partial charge in [-0.15, -0.1) is 0 Å². The molecule has 0 radical (unpaired) electrons. The van der Waals surface area contributed by atoms with E-state index in [1.807, 2.05) is 49.1 Å². The van der Waals surface area contributed by atoms with E-state index in [4.69, 9.17) is 0 Å². The molecule has 0 unspecified atom stereocenters. The monoisotopic (exact) mass is 367 g/mol. The predicted molar refractivity (Wildman–Crippen MR) is 105 cm³/mol. The molecule has 1 fully saturated rings. The summed E-state index contributed by atoms with van der Waals surface area (Å²) in [6.45, 7) is 6.24. The van der Waals surface area contributed by atoms with Crippen molar-refractivity contribution >= 4 is 17.5 Å². The van der Waals surface area contributed by atoms with Gasteiger partial charge in [-0.1, -0.05) is 32.0 Å². The Morgan fingerprint density at radius 1 is 1.22 bits per heavy atom. The van der Waals surface area contributed by atoms with Crippen LogP contribution in [0.5, 0.6) is 5.75 Å². The molecule has 2 aromatic carbocycles. The number of nitrogens with zero attached hydrogens (tertiary/aromatic N) is 1. The number of hydrogen-bond donors (Lipinski definition) is 3. The molecule has 6 nitrogen and oxygen atoms in total. The van der Waals surface area contributed by atoms with Gasteiger partial charge in [-0.25, -0.2) is 0 Å². The highest BCUT2D eigenvalue weighted by Gasteiger charge is 2.16. The fourth-order valence-corrected chi connectivity index (χ4v) is 3.06. The van der Waals surface area contributed by atoms with Crippen LogP contribution in [-0.4, -0.2) is 36.6 Å². The minimum absolute atomic E-state index is 0.00239. The summed E-state index contributed by atoms with van der Waals surface area (Å²) < 4.78 is 0. The molecular weight excluding hydrogens is 342 g/mol. The zero-order valence-corrected chi connectivity index (χ0v) is 15.7. The third-order valence-corrected chi connectivity index (χ3v) is 4.73. The molecule has 0 atom stereocenters. The largest absolute Gasteiger partial charge is 0.507 e. The molecule has 1 saturated heterocycles. The maximum absolute atomic E-state index is 12.3. The molecule has 0 aliphatic carbocycles. The van der Waals surface area contributed by atoms with Crippen molar-refractivity contribution in [2.45, 2.75) is 26.3 Å². The standard InChI is InChI=1S/C21H25N3O3/c1-14(2)16-5-8-18(19(25)11-16)21(27)23-12-15-3-6-17(7-4-15)24-10-9-22-20(26)13-24/h3-8,11,14,25H,9-10,12-13H2,1-2H3,(H,22,26)(H,23,27). The first-order chi connectivity index (χ1) is 12.9. The Hall–Kier alpha value is -3.02. The zero-order chi connectivity index (χ0) is 19.4. The van der Waals surface area contributed by atoms with Gasteiger partial charge in [-0.2, -0.15) is 0 Å². The van der Waals surface area contributed by atoms with Crippen molar-refractivity contribution < 1.29 is 14.7 Å². The van der Waals surface area contributed by atoms with E-state index in [9.17, 15) is 14.7 Å². The smallest absolute Gasteiger partial charge is 0.255 e. The molecule has 0 saturated carbocycles. The van der Waals surface area contributed by atoms with E-state index in [2.05, 4.69) is 10.6 Å². The van der Waals surface area contributed by atoms with Crippen molar-refractivity contribution in [1.82, 2.24) is 10.6 Å². The lowest BCUT2D eigenvalue weighted by molar-refractivity contribution is -0.120. The number of carbonyl (C=O) groups is 2. The quantitative estimate of drug-likeness (QED) is 0.758. The summed E-state index contributed by atoms with van der Waals surface area (Å²) >= 11 is 0. The molecule has 142 valence electrons. The van der Waals surface area contributed by atoms with Gasteiger partial charge in [0.05, 0.1) is 12.1 Å². The number of carbonyl (C=O) groups excluding carboxylic acids is 2. The molecule has 1 aliphatic heterocycles. The third-order valence-electron chi connectivity index (χ3n) is 4.73. The Morgan fingerprint density at radius 3 is 2.59 bits per heavy atom. The molecule has 0 aromatic heterocycles. The number of anilines is 1. The van der Waals surface area contributed by atoms with Gasteiger partial charge in [0.25, 0.3) is 5.91 Å². The van der Waals surface area contributed by atoms with Crippen LogP contribution in [0.3, 0.4) is 0 Å². The molecule has 2 aromatic rings. The predicted octanol–water partition coefficient (Wildman–Crippen LogP) is 2.38. The highest BCUT2D eigenvalue weighted by atomic mass is 16.3. The molecule has 27 heavy (non-hydrogen) atoms. The number of amides is 2. The van der Waals surface area contributed by atoms with Crippen molar-refractivity contribution in [2.75, 3.05) is 24.5 Å². The second-order valence-electron chi connectivity index (χ2n) is 7.05. The van der Waals surface area contributed by atoms with E-state index in [1.165, 1.54) is 0 Å². The summed E-state index contributed by atoms with van der Waals surface area (Å²) in [5.41, 5.74) is 3.20. The summed E-state index contributed by atoms with van der Waals surface area (Å²) in [6, 6.07) is 12.9. The van der Waals surface area contributed by atoms with Gasteiger partial charge in [-0.05, 0) is 41.3 Å². The lowest BCUT2D eigenvalue weighted by Gasteiger charge is -2.28. The van der Waals surface area contributed by atoms with Crippen LogP contribution in [-0.2, 0) is 11.3 Å². The summed E-state index contributed by atoms with van der Waals surface area (Å²) in [7, 11) is 0. The Morgan fingerprint density at radius 2 is 1.96 bits per heavy atom. The Balaban J connectivity index is 1.60. The summed E-state index contributed by atoms with van der Waals surface area (Å²) in [5, 5.41) is 15.8. The Bertz CT molecular complexity index is 831. The first-order valence-electron chi connectivity index (χ1n) is 9.15. The number of aromatic hydroxyl groups is 1. The van der Waals surface area contributed by atoms with Crippen LogP contribution in [0.2, 0.25) is 0 Å². The van der Waals surface area contributed by atoms with Gasteiger partial charge in [0, 0.05) is 25.3 Å². The van der Waals surface area contributed by atoms with E-state index in [0.29, 0.717) is 19.6 Å². The van der Waals surface area contributed by atoms with Gasteiger partial charge >= 0.3 is 0 Å². The van der Waals surface area contributed by atoms with Crippen molar-refractivity contribution in [1.29, 1.82) is 0 Å². The van der Waals surface area contributed by atoms with Crippen LogP contribution in [0.4, 0.5) is 5.69 Å². The molecule has 3 N–H and O–H groups in total. The number of nitrogens with one attached hydrogen (secondary N) is 2. The Kier molecular flexibility index (Phi) is 5.64. The molecular formula is C21H25N3O3. The van der Waals surface area contributed by atoms with Crippen LogP contribution in [0, 0.1) is 0 Å². The average molecular weight is 367 g/mol. The highest BCUT2D eigenvalue weighted by molar-refractivity contribution is 5.96. The number of phenolic OH excluding ortho intramolecular Hbond substituents is 1. The van der Waals surface area contributed by atoms with E-state index in [0.717, 1.165) is 23.4 Å². The van der Waals surface area contributed by atoms with Crippen molar-refractivity contribution in [3.8, 4) is 5.75 Å². The van der Waals surface area contributed by atoms with Crippen LogP contribution in [0.25, 0.3) is 0 Å². The number of piperazine rings is 1. The van der Waals surface area contributed by atoms with Crippen molar-refractivity contribution in [3.63, 3.8) is 0 Å². The van der Waals surface area contributed by atoms with Gasteiger partial charge in [0.1, 0.15) is 5.75 Å². The lowest BCUT2D eigenvalue weighted by atomic mass is 10.0. The molecule has 0 bridgehead atoms. The maximum Gasteiger partial charge on any atom is 0.255 e. The van der Waals surface area contributed by atoms with E-state index >= 15 is 0 Å². The normalized spacial score (nSPS) is 14.2. The number of benzene rings is 2. The zero-order valence-electron chi connectivity index (χ0n) is 15.7.